The minimum absolute atomic E-state index is 0.0633. The number of nitrogens with one attached hydrogen (secondary N) is 2. The first kappa shape index (κ1) is 20.3. The van der Waals surface area contributed by atoms with Crippen molar-refractivity contribution in [2.75, 3.05) is 23.4 Å². The summed E-state index contributed by atoms with van der Waals surface area (Å²) in [5.41, 5.74) is 4.67. The summed E-state index contributed by atoms with van der Waals surface area (Å²) in [7, 11) is 0. The highest BCUT2D eigenvalue weighted by Gasteiger charge is 2.31. The number of aromatic nitrogens is 2. The number of nitro groups is 1. The maximum absolute atomic E-state index is 12.2. The quantitative estimate of drug-likeness (QED) is 0.471. The van der Waals surface area contributed by atoms with Gasteiger partial charge in [-0.2, -0.15) is 0 Å². The first-order valence-corrected chi connectivity index (χ1v) is 9.03. The van der Waals surface area contributed by atoms with E-state index in [2.05, 4.69) is 20.8 Å². The molecule has 1 aliphatic heterocycles. The summed E-state index contributed by atoms with van der Waals surface area (Å²) in [6.07, 6.45) is 1.84. The Morgan fingerprint density at radius 2 is 2.00 bits per heavy atom. The van der Waals surface area contributed by atoms with Crippen molar-refractivity contribution in [2.45, 2.75) is 12.8 Å². The predicted octanol–water partition coefficient (Wildman–Crippen LogP) is 2.10. The number of anilines is 2. The lowest BCUT2D eigenvalue weighted by Crippen LogP contribution is -2.37. The van der Waals surface area contributed by atoms with Crippen molar-refractivity contribution in [3.8, 4) is 0 Å². The van der Waals surface area contributed by atoms with Gasteiger partial charge in [-0.15, -0.1) is 0 Å². The summed E-state index contributed by atoms with van der Waals surface area (Å²) >= 11 is 5.86. The lowest BCUT2D eigenvalue weighted by molar-refractivity contribution is -0.383. The van der Waals surface area contributed by atoms with E-state index in [4.69, 9.17) is 16.7 Å². The van der Waals surface area contributed by atoms with Crippen molar-refractivity contribution in [1.29, 1.82) is 0 Å². The fraction of sp³-hybridized carbons (Fsp3) is 0.294. The van der Waals surface area contributed by atoms with Crippen molar-refractivity contribution < 1.29 is 19.6 Å². The Hall–Kier alpha value is -3.47. The highest BCUT2D eigenvalue weighted by atomic mass is 35.5. The number of carbonyl (C=O) groups is 2. The van der Waals surface area contributed by atoms with Gasteiger partial charge in [0.25, 0.3) is 5.91 Å². The smallest absolute Gasteiger partial charge is 0.355 e. The summed E-state index contributed by atoms with van der Waals surface area (Å²) in [6, 6.07) is 6.20. The van der Waals surface area contributed by atoms with Gasteiger partial charge in [0, 0.05) is 23.7 Å². The molecular weight excluding hydrogens is 404 g/mol. The summed E-state index contributed by atoms with van der Waals surface area (Å²) in [4.78, 5) is 43.8. The molecule has 0 aliphatic carbocycles. The molecule has 0 bridgehead atoms. The van der Waals surface area contributed by atoms with Gasteiger partial charge in [-0.3, -0.25) is 30.6 Å². The van der Waals surface area contributed by atoms with Crippen LogP contribution in [0.1, 0.15) is 23.2 Å². The Morgan fingerprint density at radius 3 is 2.62 bits per heavy atom. The molecule has 1 amide bonds. The average Bonchev–Trinajstić information content (AvgIpc) is 2.71. The second-order valence-electron chi connectivity index (χ2n) is 6.34. The number of hydrazine groups is 1. The largest absolute Gasteiger partial charge is 0.481 e. The topological polar surface area (TPSA) is 151 Å². The van der Waals surface area contributed by atoms with Gasteiger partial charge in [0.15, 0.2) is 0 Å². The molecule has 2 aromatic rings. The molecule has 1 aromatic carbocycles. The minimum atomic E-state index is -0.882. The maximum atomic E-state index is 12.2. The number of carboxylic acid groups (broad SMARTS) is 1. The van der Waals surface area contributed by atoms with E-state index in [0.29, 0.717) is 31.0 Å². The number of benzene rings is 1. The summed E-state index contributed by atoms with van der Waals surface area (Å²) < 4.78 is 0. The van der Waals surface area contributed by atoms with Gasteiger partial charge in [-0.1, -0.05) is 17.7 Å². The average molecular weight is 421 g/mol. The van der Waals surface area contributed by atoms with E-state index in [-0.39, 0.29) is 17.2 Å². The van der Waals surface area contributed by atoms with Crippen LogP contribution in [0.5, 0.6) is 0 Å². The van der Waals surface area contributed by atoms with Gasteiger partial charge < -0.3 is 10.0 Å². The number of nitrogens with zero attached hydrogens (tertiary/aromatic N) is 4. The number of carboxylic acids is 1. The molecule has 152 valence electrons. The number of aliphatic carboxylic acids is 1. The van der Waals surface area contributed by atoms with E-state index in [0.717, 1.165) is 6.33 Å². The van der Waals surface area contributed by atoms with Crippen LogP contribution in [0.3, 0.4) is 0 Å². The molecule has 1 aliphatic rings. The van der Waals surface area contributed by atoms with Crippen molar-refractivity contribution >= 4 is 40.8 Å². The van der Waals surface area contributed by atoms with Crippen LogP contribution in [0, 0.1) is 16.0 Å². The zero-order chi connectivity index (χ0) is 21.0. The van der Waals surface area contributed by atoms with Crippen molar-refractivity contribution in [3.05, 3.63) is 51.3 Å². The first-order chi connectivity index (χ1) is 13.9. The molecule has 29 heavy (non-hydrogen) atoms. The van der Waals surface area contributed by atoms with E-state index >= 15 is 0 Å². The summed E-state index contributed by atoms with van der Waals surface area (Å²) in [5, 5.41) is 21.1. The Kier molecular flexibility index (Phi) is 6.07. The number of piperidine rings is 1. The number of rotatable bonds is 6. The Morgan fingerprint density at radius 1 is 1.28 bits per heavy atom. The molecule has 2 heterocycles. The minimum Gasteiger partial charge on any atom is -0.481 e. The van der Waals surface area contributed by atoms with Crippen LogP contribution in [0.2, 0.25) is 5.02 Å². The zero-order valence-corrected chi connectivity index (χ0v) is 15.8. The molecule has 1 fully saturated rings. The molecule has 0 atom stereocenters. The Labute approximate surface area is 169 Å². The molecule has 0 saturated carbocycles. The lowest BCUT2D eigenvalue weighted by atomic mass is 9.97. The fourth-order valence-electron chi connectivity index (χ4n) is 3.02. The first-order valence-electron chi connectivity index (χ1n) is 8.66. The Bertz CT molecular complexity index is 948. The van der Waals surface area contributed by atoms with E-state index in [9.17, 15) is 19.7 Å². The second kappa shape index (κ2) is 8.69. The van der Waals surface area contributed by atoms with Gasteiger partial charge in [0.1, 0.15) is 6.33 Å². The van der Waals surface area contributed by atoms with Crippen LogP contribution < -0.4 is 15.8 Å². The normalized spacial score (nSPS) is 14.3. The molecular formula is C17H17ClN6O5. The molecule has 0 radical (unpaired) electrons. The van der Waals surface area contributed by atoms with E-state index in [1.54, 1.807) is 17.0 Å². The molecule has 11 nitrogen and oxygen atoms in total. The van der Waals surface area contributed by atoms with Crippen LogP contribution in [0.4, 0.5) is 17.3 Å². The van der Waals surface area contributed by atoms with E-state index < -0.39 is 28.4 Å². The van der Waals surface area contributed by atoms with E-state index in [1.807, 2.05) is 0 Å². The van der Waals surface area contributed by atoms with Crippen LogP contribution in [-0.4, -0.2) is 45.0 Å². The third-order valence-corrected chi connectivity index (χ3v) is 4.75. The van der Waals surface area contributed by atoms with Gasteiger partial charge >= 0.3 is 11.7 Å². The molecule has 3 rings (SSSR count). The zero-order valence-electron chi connectivity index (χ0n) is 15.0. The maximum Gasteiger partial charge on any atom is 0.355 e. The third-order valence-electron chi connectivity index (χ3n) is 4.51. The van der Waals surface area contributed by atoms with Crippen molar-refractivity contribution in [2.24, 2.45) is 5.92 Å². The number of amides is 1. The monoisotopic (exact) mass is 420 g/mol. The lowest BCUT2D eigenvalue weighted by Gasteiger charge is -2.30. The molecule has 1 saturated heterocycles. The number of carbonyl (C=O) groups excluding carboxylic acids is 1. The highest BCUT2D eigenvalue weighted by molar-refractivity contribution is 6.30. The van der Waals surface area contributed by atoms with Crippen LogP contribution >= 0.6 is 11.6 Å². The number of halogens is 1. The molecule has 1 aromatic heterocycles. The van der Waals surface area contributed by atoms with Crippen LogP contribution in [-0.2, 0) is 4.79 Å². The predicted molar refractivity (Wildman–Crippen MR) is 104 cm³/mol. The second-order valence-corrected chi connectivity index (χ2v) is 6.78. The standard InChI is InChI=1S/C17H17ClN6O5/c18-12-3-1-2-11(8-12)16(25)22-21-14-13(24(28)29)15(20-9-19-14)23-6-4-10(5-7-23)17(26)27/h1-3,8-10H,4-7H2,(H,22,25)(H,26,27)(H,19,20,21). The third kappa shape index (κ3) is 4.69. The fourth-order valence-corrected chi connectivity index (χ4v) is 3.21. The van der Waals surface area contributed by atoms with Crippen LogP contribution in [0.25, 0.3) is 0 Å². The highest BCUT2D eigenvalue weighted by Crippen LogP contribution is 2.33. The van der Waals surface area contributed by atoms with Gasteiger partial charge in [-0.05, 0) is 31.0 Å². The van der Waals surface area contributed by atoms with E-state index in [1.165, 1.54) is 12.1 Å². The molecule has 3 N–H and O–H groups in total. The van der Waals surface area contributed by atoms with Gasteiger partial charge in [0.2, 0.25) is 11.6 Å². The van der Waals surface area contributed by atoms with Crippen molar-refractivity contribution in [3.63, 3.8) is 0 Å². The van der Waals surface area contributed by atoms with Gasteiger partial charge in [0.05, 0.1) is 10.8 Å². The molecule has 0 spiro atoms. The Balaban J connectivity index is 1.78. The summed E-state index contributed by atoms with van der Waals surface area (Å²) in [6.45, 7) is 0.617. The SMILES string of the molecule is O=C(NNc1ncnc(N2CCC(C(=O)O)CC2)c1[N+](=O)[O-])c1cccc(Cl)c1. The van der Waals surface area contributed by atoms with Gasteiger partial charge in [-0.25, -0.2) is 9.97 Å². The van der Waals surface area contributed by atoms with Crippen LogP contribution in [0.15, 0.2) is 30.6 Å². The number of hydrogen-bond acceptors (Lipinski definition) is 8. The van der Waals surface area contributed by atoms with Crippen molar-refractivity contribution in [1.82, 2.24) is 15.4 Å². The number of hydrogen-bond donors (Lipinski definition) is 3. The molecule has 0 unspecified atom stereocenters. The summed E-state index contributed by atoms with van der Waals surface area (Å²) in [5.74, 6) is -2.04. The molecule has 12 heteroatoms.